The first-order valence-electron chi connectivity index (χ1n) is 7.08. The average molecular weight is 279 g/mol. The highest BCUT2D eigenvalue weighted by atomic mass is 16.5. The second-order valence-corrected chi connectivity index (χ2v) is 5.25. The van der Waals surface area contributed by atoms with Gasteiger partial charge in [-0.15, -0.1) is 0 Å². The molecule has 112 valence electrons. The van der Waals surface area contributed by atoms with Crippen molar-refractivity contribution < 1.29 is 14.6 Å². The predicted molar refractivity (Wildman–Crippen MR) is 79.9 cm³/mol. The monoisotopic (exact) mass is 279 g/mol. The number of para-hydroxylation sites is 1. The van der Waals surface area contributed by atoms with E-state index in [0.717, 1.165) is 17.7 Å². The quantitative estimate of drug-likeness (QED) is 0.767. The first kappa shape index (κ1) is 16.5. The third-order valence-corrected chi connectivity index (χ3v) is 3.70. The number of aliphatic hydroxyl groups is 1. The van der Waals surface area contributed by atoms with Crippen LogP contribution >= 0.6 is 0 Å². The van der Waals surface area contributed by atoms with Crippen molar-refractivity contribution in [1.29, 1.82) is 0 Å². The molecule has 20 heavy (non-hydrogen) atoms. The lowest BCUT2D eigenvalue weighted by Crippen LogP contribution is -2.46. The molecule has 0 aliphatic heterocycles. The van der Waals surface area contributed by atoms with Crippen LogP contribution < -0.4 is 10.1 Å². The second-order valence-electron chi connectivity index (χ2n) is 5.25. The van der Waals surface area contributed by atoms with Gasteiger partial charge in [-0.05, 0) is 37.8 Å². The van der Waals surface area contributed by atoms with E-state index in [1.807, 2.05) is 38.1 Å². The molecular formula is C16H25NO3. The molecule has 0 bridgehead atoms. The van der Waals surface area contributed by atoms with Crippen LogP contribution in [0.3, 0.4) is 0 Å². The predicted octanol–water partition coefficient (Wildman–Crippen LogP) is 2.30. The summed E-state index contributed by atoms with van der Waals surface area (Å²) in [5, 5.41) is 12.1. The Morgan fingerprint density at radius 1 is 1.40 bits per heavy atom. The van der Waals surface area contributed by atoms with Gasteiger partial charge in [-0.25, -0.2) is 0 Å². The Bertz CT molecular complexity index is 433. The van der Waals surface area contributed by atoms with E-state index in [2.05, 4.69) is 5.32 Å². The number of methoxy groups -OCH3 is 1. The molecule has 1 aromatic rings. The number of hydrogen-bond acceptors (Lipinski definition) is 3. The maximum absolute atomic E-state index is 12.0. The number of hydrogen-bond donors (Lipinski definition) is 2. The molecule has 0 saturated carbocycles. The van der Waals surface area contributed by atoms with Crippen molar-refractivity contribution in [3.63, 3.8) is 0 Å². The second kappa shape index (κ2) is 7.90. The minimum absolute atomic E-state index is 0.00806. The molecule has 0 aliphatic carbocycles. The molecule has 2 N–H and O–H groups in total. The highest BCUT2D eigenvalue weighted by Gasteiger charge is 2.23. The summed E-state index contributed by atoms with van der Waals surface area (Å²) in [5.41, 5.74) is 0.706. The molecule has 1 unspecified atom stereocenters. The van der Waals surface area contributed by atoms with Gasteiger partial charge < -0.3 is 15.2 Å². The molecule has 4 nitrogen and oxygen atoms in total. The van der Waals surface area contributed by atoms with E-state index < -0.39 is 0 Å². The van der Waals surface area contributed by atoms with Gasteiger partial charge in [0, 0.05) is 18.6 Å². The summed E-state index contributed by atoms with van der Waals surface area (Å²) in [6, 6.07) is 7.73. The fourth-order valence-corrected chi connectivity index (χ4v) is 2.13. The topological polar surface area (TPSA) is 58.6 Å². The van der Waals surface area contributed by atoms with Crippen LogP contribution in [0.1, 0.15) is 38.7 Å². The van der Waals surface area contributed by atoms with Crippen molar-refractivity contribution in [3.05, 3.63) is 29.8 Å². The lowest BCUT2D eigenvalue weighted by Gasteiger charge is -2.29. The molecule has 1 amide bonds. The Morgan fingerprint density at radius 2 is 2.10 bits per heavy atom. The van der Waals surface area contributed by atoms with E-state index in [4.69, 9.17) is 9.84 Å². The Kier molecular flexibility index (Phi) is 6.52. The highest BCUT2D eigenvalue weighted by Crippen LogP contribution is 2.19. The van der Waals surface area contributed by atoms with Gasteiger partial charge in [0.05, 0.1) is 7.11 Å². The largest absolute Gasteiger partial charge is 0.496 e. The molecule has 0 fully saturated rings. The Hall–Kier alpha value is -1.55. The maximum Gasteiger partial charge on any atom is 0.220 e. The summed E-state index contributed by atoms with van der Waals surface area (Å²) < 4.78 is 5.27. The zero-order chi connectivity index (χ0) is 15.0. The van der Waals surface area contributed by atoms with E-state index in [1.54, 1.807) is 7.11 Å². The van der Waals surface area contributed by atoms with Gasteiger partial charge in [0.2, 0.25) is 5.91 Å². The van der Waals surface area contributed by atoms with E-state index in [9.17, 15) is 4.79 Å². The van der Waals surface area contributed by atoms with E-state index in [0.29, 0.717) is 19.3 Å². The number of ether oxygens (including phenoxy) is 1. The Labute approximate surface area is 121 Å². The van der Waals surface area contributed by atoms with Crippen molar-refractivity contribution >= 4 is 5.91 Å². The molecule has 4 heteroatoms. The zero-order valence-electron chi connectivity index (χ0n) is 12.6. The van der Waals surface area contributed by atoms with Crippen LogP contribution in [-0.4, -0.2) is 30.3 Å². The third-order valence-electron chi connectivity index (χ3n) is 3.70. The molecule has 0 radical (unpaired) electrons. The van der Waals surface area contributed by atoms with E-state index in [-0.39, 0.29) is 18.1 Å². The normalized spacial score (nSPS) is 13.6. The minimum Gasteiger partial charge on any atom is -0.496 e. The number of aryl methyl sites for hydroxylation is 1. The lowest BCUT2D eigenvalue weighted by molar-refractivity contribution is -0.123. The number of aliphatic hydroxyl groups excluding tert-OH is 1. The van der Waals surface area contributed by atoms with Gasteiger partial charge in [0.15, 0.2) is 0 Å². The number of benzene rings is 1. The average Bonchev–Trinajstić information content (AvgIpc) is 2.45. The number of rotatable bonds is 8. The van der Waals surface area contributed by atoms with Crippen LogP contribution in [-0.2, 0) is 11.2 Å². The summed E-state index contributed by atoms with van der Waals surface area (Å²) in [5.74, 6) is 0.822. The van der Waals surface area contributed by atoms with Crippen LogP contribution in [0.2, 0.25) is 0 Å². The number of carbonyl (C=O) groups excluding carboxylic acids is 1. The van der Waals surface area contributed by atoms with Gasteiger partial charge in [-0.2, -0.15) is 0 Å². The SMILES string of the molecule is CCC(C)(CCO)NC(=O)CCc1ccccc1OC. The summed E-state index contributed by atoms with van der Waals surface area (Å²) in [7, 11) is 1.63. The van der Waals surface area contributed by atoms with Gasteiger partial charge in [-0.1, -0.05) is 25.1 Å². The molecule has 0 aromatic heterocycles. The first-order valence-corrected chi connectivity index (χ1v) is 7.08. The summed E-state index contributed by atoms with van der Waals surface area (Å²) in [4.78, 5) is 12.0. The van der Waals surface area contributed by atoms with Gasteiger partial charge in [0.25, 0.3) is 0 Å². The van der Waals surface area contributed by atoms with Gasteiger partial charge >= 0.3 is 0 Å². The van der Waals surface area contributed by atoms with Crippen LogP contribution in [0.5, 0.6) is 5.75 Å². The van der Waals surface area contributed by atoms with Gasteiger partial charge in [-0.3, -0.25) is 4.79 Å². The number of nitrogens with one attached hydrogen (secondary N) is 1. The van der Waals surface area contributed by atoms with E-state index in [1.165, 1.54) is 0 Å². The summed E-state index contributed by atoms with van der Waals surface area (Å²) in [6.45, 7) is 4.05. The Balaban J connectivity index is 2.55. The molecule has 0 heterocycles. The first-order chi connectivity index (χ1) is 9.54. The van der Waals surface area contributed by atoms with E-state index >= 15 is 0 Å². The standard InChI is InChI=1S/C16H25NO3/c1-4-16(2,11-12-18)17-15(19)10-9-13-7-5-6-8-14(13)20-3/h5-8,18H,4,9-12H2,1-3H3,(H,17,19). The van der Waals surface area contributed by atoms with Crippen LogP contribution in [0.15, 0.2) is 24.3 Å². The fraction of sp³-hybridized carbons (Fsp3) is 0.562. The molecule has 0 aliphatic rings. The Morgan fingerprint density at radius 3 is 2.70 bits per heavy atom. The molecule has 0 saturated heterocycles. The van der Waals surface area contributed by atoms with Crippen molar-refractivity contribution in [2.24, 2.45) is 0 Å². The fourth-order valence-electron chi connectivity index (χ4n) is 2.13. The molecule has 1 atom stereocenters. The minimum atomic E-state index is -0.327. The van der Waals surface area contributed by atoms with Crippen LogP contribution in [0.25, 0.3) is 0 Å². The van der Waals surface area contributed by atoms with Crippen molar-refractivity contribution in [2.45, 2.75) is 45.1 Å². The molecular weight excluding hydrogens is 254 g/mol. The maximum atomic E-state index is 12.0. The third kappa shape index (κ3) is 4.85. The molecule has 1 rings (SSSR count). The van der Waals surface area contributed by atoms with Crippen molar-refractivity contribution in [3.8, 4) is 5.75 Å². The van der Waals surface area contributed by atoms with Crippen LogP contribution in [0, 0.1) is 0 Å². The summed E-state index contributed by atoms with van der Waals surface area (Å²) >= 11 is 0. The van der Waals surface area contributed by atoms with Crippen molar-refractivity contribution in [1.82, 2.24) is 5.32 Å². The number of amides is 1. The van der Waals surface area contributed by atoms with Crippen LogP contribution in [0.4, 0.5) is 0 Å². The van der Waals surface area contributed by atoms with Crippen molar-refractivity contribution in [2.75, 3.05) is 13.7 Å². The van der Waals surface area contributed by atoms with Gasteiger partial charge in [0.1, 0.15) is 5.75 Å². The molecule has 0 spiro atoms. The summed E-state index contributed by atoms with van der Waals surface area (Å²) in [6.07, 6.45) is 2.44. The smallest absolute Gasteiger partial charge is 0.220 e. The highest BCUT2D eigenvalue weighted by molar-refractivity contribution is 5.77. The molecule has 1 aromatic carbocycles. The lowest BCUT2D eigenvalue weighted by atomic mass is 9.94. The number of carbonyl (C=O) groups is 1. The zero-order valence-corrected chi connectivity index (χ0v) is 12.6.